The summed E-state index contributed by atoms with van der Waals surface area (Å²) in [5, 5.41) is 11.3. The van der Waals surface area contributed by atoms with Gasteiger partial charge in [-0.25, -0.2) is 0 Å². The Morgan fingerprint density at radius 3 is 2.90 bits per heavy atom. The van der Waals surface area contributed by atoms with Crippen molar-refractivity contribution in [3.8, 4) is 0 Å². The first kappa shape index (κ1) is 14.1. The van der Waals surface area contributed by atoms with Crippen LogP contribution < -0.4 is 10.2 Å². The first-order valence-corrected chi connectivity index (χ1v) is 7.88. The molecule has 6 heteroatoms. The molecule has 1 aliphatic rings. The zero-order valence-electron chi connectivity index (χ0n) is 13.1. The van der Waals surface area contributed by atoms with Crippen molar-refractivity contribution in [2.45, 2.75) is 45.6 Å². The van der Waals surface area contributed by atoms with Gasteiger partial charge in [0.25, 0.3) is 0 Å². The maximum absolute atomic E-state index is 4.72. The number of nitrogens with one attached hydrogen (secondary N) is 2. The van der Waals surface area contributed by atoms with Gasteiger partial charge >= 0.3 is 0 Å². The normalized spacial score (nSPS) is 22.4. The maximum atomic E-state index is 4.72. The summed E-state index contributed by atoms with van der Waals surface area (Å²) in [6.07, 6.45) is 7.01. The highest BCUT2D eigenvalue weighted by molar-refractivity contribution is 5.87. The van der Waals surface area contributed by atoms with Gasteiger partial charge < -0.3 is 10.2 Å². The molecule has 0 aromatic carbocycles. The first-order chi connectivity index (χ1) is 10.2. The van der Waals surface area contributed by atoms with Crippen molar-refractivity contribution in [1.82, 2.24) is 20.2 Å². The zero-order chi connectivity index (χ0) is 14.8. The van der Waals surface area contributed by atoms with Crippen molar-refractivity contribution in [3.05, 3.63) is 6.20 Å². The molecule has 1 saturated carbocycles. The number of H-pyrrole nitrogens is 1. The lowest BCUT2D eigenvalue weighted by Gasteiger charge is -2.37. The van der Waals surface area contributed by atoms with E-state index in [1.807, 2.05) is 13.1 Å². The van der Waals surface area contributed by atoms with Gasteiger partial charge in [-0.2, -0.15) is 15.1 Å². The Hall–Kier alpha value is -1.85. The second-order valence-corrected chi connectivity index (χ2v) is 5.97. The highest BCUT2D eigenvalue weighted by Crippen LogP contribution is 2.32. The van der Waals surface area contributed by atoms with Gasteiger partial charge in [0.1, 0.15) is 5.82 Å². The fourth-order valence-electron chi connectivity index (χ4n) is 3.35. The molecule has 0 radical (unpaired) electrons. The van der Waals surface area contributed by atoms with Crippen LogP contribution in [-0.2, 0) is 0 Å². The van der Waals surface area contributed by atoms with E-state index in [0.717, 1.165) is 23.4 Å². The highest BCUT2D eigenvalue weighted by atomic mass is 15.3. The molecule has 1 aliphatic carbocycles. The van der Waals surface area contributed by atoms with Crippen LogP contribution in [0.5, 0.6) is 0 Å². The van der Waals surface area contributed by atoms with E-state index in [2.05, 4.69) is 39.4 Å². The Balaban J connectivity index is 1.99. The van der Waals surface area contributed by atoms with Crippen LogP contribution in [0.3, 0.4) is 0 Å². The Morgan fingerprint density at radius 1 is 1.33 bits per heavy atom. The van der Waals surface area contributed by atoms with Crippen LogP contribution in [0.15, 0.2) is 6.20 Å². The monoisotopic (exact) mass is 288 g/mol. The van der Waals surface area contributed by atoms with Crippen molar-refractivity contribution >= 4 is 22.8 Å². The van der Waals surface area contributed by atoms with Gasteiger partial charge in [-0.15, -0.1) is 0 Å². The van der Waals surface area contributed by atoms with Crippen LogP contribution in [0, 0.1) is 5.92 Å². The van der Waals surface area contributed by atoms with Crippen molar-refractivity contribution in [1.29, 1.82) is 0 Å². The van der Waals surface area contributed by atoms with Gasteiger partial charge in [-0.05, 0) is 25.7 Å². The molecule has 2 atom stereocenters. The van der Waals surface area contributed by atoms with Crippen LogP contribution in [0.2, 0.25) is 0 Å². The molecule has 0 bridgehead atoms. The molecule has 0 aliphatic heterocycles. The van der Waals surface area contributed by atoms with Crippen LogP contribution in [0.4, 0.5) is 11.8 Å². The molecule has 2 unspecified atom stereocenters. The van der Waals surface area contributed by atoms with Crippen molar-refractivity contribution in [2.24, 2.45) is 5.92 Å². The molecule has 21 heavy (non-hydrogen) atoms. The van der Waals surface area contributed by atoms with Crippen LogP contribution in [0.1, 0.15) is 39.5 Å². The number of fused-ring (bicyclic) bond motifs is 1. The number of aromatic nitrogens is 4. The number of hydrogen-bond acceptors (Lipinski definition) is 5. The van der Waals surface area contributed by atoms with Gasteiger partial charge in [0.15, 0.2) is 5.65 Å². The van der Waals surface area contributed by atoms with Crippen molar-refractivity contribution < 1.29 is 0 Å². The second kappa shape index (κ2) is 5.87. The van der Waals surface area contributed by atoms with E-state index >= 15 is 0 Å². The predicted octanol–water partition coefficient (Wildman–Crippen LogP) is 2.80. The summed E-state index contributed by atoms with van der Waals surface area (Å²) in [7, 11) is 2.15. The van der Waals surface area contributed by atoms with Crippen LogP contribution in [-0.4, -0.2) is 39.8 Å². The summed E-state index contributed by atoms with van der Waals surface area (Å²) in [6.45, 7) is 5.20. The summed E-state index contributed by atoms with van der Waals surface area (Å²) in [5.41, 5.74) is 0.797. The predicted molar refractivity (Wildman–Crippen MR) is 85.7 cm³/mol. The van der Waals surface area contributed by atoms with Gasteiger partial charge in [-0.1, -0.05) is 19.8 Å². The van der Waals surface area contributed by atoms with Crippen molar-refractivity contribution in [2.75, 3.05) is 23.8 Å². The molecule has 0 saturated heterocycles. The fraction of sp³-hybridized carbons (Fsp3) is 0.667. The summed E-state index contributed by atoms with van der Waals surface area (Å²) in [5.74, 6) is 2.34. The Bertz CT molecular complexity index is 607. The van der Waals surface area contributed by atoms with E-state index < -0.39 is 0 Å². The fourth-order valence-corrected chi connectivity index (χ4v) is 3.35. The van der Waals surface area contributed by atoms with E-state index in [9.17, 15) is 0 Å². The third-order valence-corrected chi connectivity index (χ3v) is 4.52. The molecular formula is C15H24N6. The molecule has 1 fully saturated rings. The summed E-state index contributed by atoms with van der Waals surface area (Å²) >= 11 is 0. The second-order valence-electron chi connectivity index (χ2n) is 5.97. The zero-order valence-corrected chi connectivity index (χ0v) is 13.1. The number of aromatic amines is 1. The van der Waals surface area contributed by atoms with Crippen LogP contribution >= 0.6 is 0 Å². The SMILES string of the molecule is CCNc1nc(N(C)C2CCCCC2C)c2cn[nH]c2n1. The molecule has 2 aromatic heterocycles. The smallest absolute Gasteiger partial charge is 0.226 e. The van der Waals surface area contributed by atoms with Gasteiger partial charge in [-0.3, -0.25) is 5.10 Å². The topological polar surface area (TPSA) is 69.7 Å². The Morgan fingerprint density at radius 2 is 2.14 bits per heavy atom. The first-order valence-electron chi connectivity index (χ1n) is 7.88. The minimum atomic E-state index is 0.543. The molecule has 2 N–H and O–H groups in total. The van der Waals surface area contributed by atoms with E-state index in [0.29, 0.717) is 17.9 Å². The standard InChI is InChI=1S/C15H24N6/c1-4-16-15-18-13-11(9-17-20-13)14(19-15)21(3)12-8-6-5-7-10(12)2/h9-10,12H,4-8H2,1-3H3,(H2,16,17,18,19,20). The minimum absolute atomic E-state index is 0.543. The lowest BCUT2D eigenvalue weighted by molar-refractivity contribution is 0.321. The average molecular weight is 288 g/mol. The third-order valence-electron chi connectivity index (χ3n) is 4.52. The molecule has 2 aromatic rings. The summed E-state index contributed by atoms with van der Waals surface area (Å²) in [4.78, 5) is 11.5. The Kier molecular flexibility index (Phi) is 3.94. The molecule has 2 heterocycles. The molecule has 114 valence electrons. The number of anilines is 2. The highest BCUT2D eigenvalue weighted by Gasteiger charge is 2.27. The van der Waals surface area contributed by atoms with Crippen LogP contribution in [0.25, 0.3) is 11.0 Å². The molecule has 0 amide bonds. The number of hydrogen-bond donors (Lipinski definition) is 2. The van der Waals surface area contributed by atoms with E-state index in [-0.39, 0.29) is 0 Å². The van der Waals surface area contributed by atoms with E-state index in [1.165, 1.54) is 25.7 Å². The summed E-state index contributed by atoms with van der Waals surface area (Å²) in [6, 6.07) is 0.543. The third kappa shape index (κ3) is 2.66. The lowest BCUT2D eigenvalue weighted by Crippen LogP contribution is -2.39. The minimum Gasteiger partial charge on any atom is -0.356 e. The molecule has 3 rings (SSSR count). The van der Waals surface area contributed by atoms with Gasteiger partial charge in [0.05, 0.1) is 11.6 Å². The number of nitrogens with zero attached hydrogens (tertiary/aromatic N) is 4. The van der Waals surface area contributed by atoms with Gasteiger partial charge in [0, 0.05) is 19.6 Å². The largest absolute Gasteiger partial charge is 0.356 e. The molecule has 6 nitrogen and oxygen atoms in total. The van der Waals surface area contributed by atoms with Gasteiger partial charge in [0.2, 0.25) is 5.95 Å². The van der Waals surface area contributed by atoms with E-state index in [4.69, 9.17) is 4.98 Å². The Labute approximate surface area is 125 Å². The molecular weight excluding hydrogens is 264 g/mol. The summed E-state index contributed by atoms with van der Waals surface area (Å²) < 4.78 is 0. The quantitative estimate of drug-likeness (QED) is 0.905. The maximum Gasteiger partial charge on any atom is 0.226 e. The number of rotatable bonds is 4. The van der Waals surface area contributed by atoms with E-state index in [1.54, 1.807) is 0 Å². The average Bonchev–Trinajstić information content (AvgIpc) is 2.95. The lowest BCUT2D eigenvalue weighted by atomic mass is 9.85. The van der Waals surface area contributed by atoms with Crippen molar-refractivity contribution in [3.63, 3.8) is 0 Å². The molecule has 0 spiro atoms.